The Kier molecular flexibility index (Phi) is 5.55. The molecule has 1 aromatic heterocycles. The molecular formula is C24H31FN6O2. The van der Waals surface area contributed by atoms with E-state index < -0.39 is 0 Å². The first-order chi connectivity index (χ1) is 16.2. The Bertz CT molecular complexity index is 1020. The highest BCUT2D eigenvalue weighted by molar-refractivity contribution is 5.73. The second kappa shape index (κ2) is 8.70. The Balaban J connectivity index is 1.26. The molecule has 5 heterocycles. The number of morpholine rings is 1. The van der Waals surface area contributed by atoms with Crippen molar-refractivity contribution >= 4 is 17.3 Å². The Morgan fingerprint density at radius 2 is 1.88 bits per heavy atom. The van der Waals surface area contributed by atoms with Crippen molar-refractivity contribution in [3.8, 4) is 5.75 Å². The highest BCUT2D eigenvalue weighted by atomic mass is 19.1. The average molecular weight is 455 g/mol. The van der Waals surface area contributed by atoms with Crippen LogP contribution in [0.5, 0.6) is 5.75 Å². The van der Waals surface area contributed by atoms with Crippen molar-refractivity contribution in [2.24, 2.45) is 0 Å². The van der Waals surface area contributed by atoms with Gasteiger partial charge in [0.1, 0.15) is 24.1 Å². The Hall–Kier alpha value is -2.49. The van der Waals surface area contributed by atoms with Crippen LogP contribution in [0.15, 0.2) is 18.5 Å². The smallest absolute Gasteiger partial charge is 0.179 e. The van der Waals surface area contributed by atoms with Crippen LogP contribution in [0.3, 0.4) is 0 Å². The zero-order chi connectivity index (χ0) is 22.4. The van der Waals surface area contributed by atoms with E-state index in [2.05, 4.69) is 30.4 Å². The van der Waals surface area contributed by atoms with Gasteiger partial charge < -0.3 is 25.0 Å². The van der Waals surface area contributed by atoms with Gasteiger partial charge in [0.15, 0.2) is 11.6 Å². The molecule has 2 aromatic rings. The first-order valence-electron chi connectivity index (χ1n) is 12.1. The fraction of sp³-hybridized carbons (Fsp3) is 0.583. The van der Waals surface area contributed by atoms with Gasteiger partial charge in [-0.3, -0.25) is 4.90 Å². The number of likely N-dealkylation sites (tertiary alicyclic amines) is 1. The van der Waals surface area contributed by atoms with Gasteiger partial charge in [0.25, 0.3) is 0 Å². The van der Waals surface area contributed by atoms with E-state index >= 15 is 4.39 Å². The summed E-state index contributed by atoms with van der Waals surface area (Å²) in [5, 5.41) is 6.80. The molecule has 3 fully saturated rings. The molecule has 3 saturated heterocycles. The maximum Gasteiger partial charge on any atom is 0.179 e. The number of rotatable bonds is 3. The lowest BCUT2D eigenvalue weighted by atomic mass is 9.87. The van der Waals surface area contributed by atoms with Crippen LogP contribution in [0.4, 0.5) is 21.7 Å². The Morgan fingerprint density at radius 3 is 2.67 bits per heavy atom. The number of aromatic nitrogens is 2. The van der Waals surface area contributed by atoms with Gasteiger partial charge in [-0.05, 0) is 50.6 Å². The third-order valence-corrected chi connectivity index (χ3v) is 7.40. The van der Waals surface area contributed by atoms with Crippen LogP contribution in [-0.2, 0) is 4.74 Å². The molecule has 4 aliphatic rings. The number of hydrogen-bond donors (Lipinski definition) is 2. The van der Waals surface area contributed by atoms with Gasteiger partial charge in [-0.15, -0.1) is 0 Å². The average Bonchev–Trinajstić information content (AvgIpc) is 2.96. The zero-order valence-corrected chi connectivity index (χ0v) is 19.0. The molecule has 176 valence electrons. The van der Waals surface area contributed by atoms with Crippen molar-refractivity contribution < 1.29 is 13.9 Å². The molecule has 6 rings (SSSR count). The van der Waals surface area contributed by atoms with Crippen molar-refractivity contribution in [2.75, 3.05) is 62.7 Å². The van der Waals surface area contributed by atoms with E-state index in [4.69, 9.17) is 9.47 Å². The summed E-state index contributed by atoms with van der Waals surface area (Å²) in [6.07, 6.45) is 3.57. The monoisotopic (exact) mass is 454 g/mol. The van der Waals surface area contributed by atoms with Crippen molar-refractivity contribution in [1.29, 1.82) is 0 Å². The van der Waals surface area contributed by atoms with E-state index in [1.54, 1.807) is 12.4 Å². The largest absolute Gasteiger partial charge is 0.480 e. The van der Waals surface area contributed by atoms with Crippen LogP contribution >= 0.6 is 0 Å². The fourth-order valence-electron chi connectivity index (χ4n) is 5.51. The third kappa shape index (κ3) is 3.92. The molecule has 1 aromatic carbocycles. The van der Waals surface area contributed by atoms with Crippen LogP contribution < -0.4 is 20.3 Å². The molecule has 0 radical (unpaired) electrons. The van der Waals surface area contributed by atoms with Crippen LogP contribution in [0.25, 0.3) is 0 Å². The molecule has 0 spiro atoms. The maximum atomic E-state index is 15.3. The number of hydrogen-bond acceptors (Lipinski definition) is 8. The van der Waals surface area contributed by atoms with E-state index in [-0.39, 0.29) is 17.7 Å². The van der Waals surface area contributed by atoms with Crippen LogP contribution in [0, 0.1) is 5.82 Å². The number of ether oxygens (including phenoxy) is 2. The van der Waals surface area contributed by atoms with Crippen LogP contribution in [0.2, 0.25) is 0 Å². The normalized spacial score (nSPS) is 24.2. The molecule has 4 aliphatic heterocycles. The summed E-state index contributed by atoms with van der Waals surface area (Å²) in [6, 6.07) is 4.35. The molecule has 0 bridgehead atoms. The Labute approximate surface area is 193 Å². The summed E-state index contributed by atoms with van der Waals surface area (Å²) < 4.78 is 26.9. The highest BCUT2D eigenvalue weighted by Crippen LogP contribution is 2.44. The zero-order valence-electron chi connectivity index (χ0n) is 19.0. The van der Waals surface area contributed by atoms with Crippen LogP contribution in [0.1, 0.15) is 42.9 Å². The summed E-state index contributed by atoms with van der Waals surface area (Å²) >= 11 is 0. The van der Waals surface area contributed by atoms with Gasteiger partial charge in [-0.25, -0.2) is 14.4 Å². The van der Waals surface area contributed by atoms with Crippen molar-refractivity contribution in [3.63, 3.8) is 0 Å². The molecule has 0 saturated carbocycles. The SMILES string of the molecule is C[C@@H]1Oc2c(F)cc(C3CN(C4CCNCC4)C3)cc2Nc2ncnc(N3CCOCC3)c21. The predicted octanol–water partition coefficient (Wildman–Crippen LogP) is 2.80. The third-order valence-electron chi connectivity index (χ3n) is 7.40. The minimum Gasteiger partial charge on any atom is -0.480 e. The molecule has 1 atom stereocenters. The number of halogens is 1. The molecule has 9 heteroatoms. The minimum absolute atomic E-state index is 0.256. The van der Waals surface area contributed by atoms with Gasteiger partial charge >= 0.3 is 0 Å². The molecular weight excluding hydrogens is 423 g/mol. The predicted molar refractivity (Wildman–Crippen MR) is 124 cm³/mol. The minimum atomic E-state index is -0.382. The van der Waals surface area contributed by atoms with Crippen molar-refractivity contribution in [1.82, 2.24) is 20.2 Å². The van der Waals surface area contributed by atoms with E-state index in [1.165, 1.54) is 12.8 Å². The van der Waals surface area contributed by atoms with Gasteiger partial charge in [0.2, 0.25) is 0 Å². The van der Waals surface area contributed by atoms with E-state index in [0.717, 1.165) is 56.2 Å². The number of nitrogens with one attached hydrogen (secondary N) is 2. The molecule has 2 N–H and O–H groups in total. The highest BCUT2D eigenvalue weighted by Gasteiger charge is 2.35. The van der Waals surface area contributed by atoms with Gasteiger partial charge in [0, 0.05) is 38.1 Å². The number of fused-ring (bicyclic) bond motifs is 2. The summed E-state index contributed by atoms with van der Waals surface area (Å²) in [6.45, 7) is 8.93. The molecule has 8 nitrogen and oxygen atoms in total. The molecule has 0 unspecified atom stereocenters. The van der Waals surface area contributed by atoms with E-state index in [1.807, 2.05) is 13.0 Å². The lowest BCUT2D eigenvalue weighted by Crippen LogP contribution is -2.53. The summed E-state index contributed by atoms with van der Waals surface area (Å²) in [7, 11) is 0. The number of benzene rings is 1. The summed E-state index contributed by atoms with van der Waals surface area (Å²) in [5.41, 5.74) is 2.52. The van der Waals surface area contributed by atoms with E-state index in [0.29, 0.717) is 36.7 Å². The van der Waals surface area contributed by atoms with E-state index in [9.17, 15) is 0 Å². The molecule has 0 amide bonds. The lowest BCUT2D eigenvalue weighted by Gasteiger charge is -2.46. The maximum absolute atomic E-state index is 15.3. The standard InChI is InChI=1S/C24H31FN6O2/c1-15-21-23(27-14-28-24(21)30-6-8-32-9-7-30)29-20-11-16(10-19(25)22(20)33-15)17-12-31(13-17)18-2-4-26-5-3-18/h10-11,14-15,17-18,26H,2-9,12-13H2,1H3,(H,27,28,29)/t15-/m0/s1. The first-order valence-corrected chi connectivity index (χ1v) is 12.1. The Morgan fingerprint density at radius 1 is 1.09 bits per heavy atom. The summed E-state index contributed by atoms with van der Waals surface area (Å²) in [4.78, 5) is 13.8. The molecule has 33 heavy (non-hydrogen) atoms. The summed E-state index contributed by atoms with van der Waals surface area (Å²) in [5.74, 6) is 1.78. The number of anilines is 3. The lowest BCUT2D eigenvalue weighted by molar-refractivity contribution is 0.0727. The van der Waals surface area contributed by atoms with Crippen LogP contribution in [-0.4, -0.2) is 73.4 Å². The topological polar surface area (TPSA) is 74.8 Å². The fourth-order valence-corrected chi connectivity index (χ4v) is 5.51. The van der Waals surface area contributed by atoms with Gasteiger partial charge in [-0.1, -0.05) is 0 Å². The van der Waals surface area contributed by atoms with Crippen molar-refractivity contribution in [3.05, 3.63) is 35.4 Å². The second-order valence-corrected chi connectivity index (χ2v) is 9.46. The van der Waals surface area contributed by atoms with Crippen molar-refractivity contribution in [2.45, 2.75) is 37.8 Å². The van der Waals surface area contributed by atoms with Gasteiger partial charge in [-0.2, -0.15) is 0 Å². The quantitative estimate of drug-likeness (QED) is 0.734. The molecule has 0 aliphatic carbocycles. The number of piperidine rings is 1. The number of nitrogens with zero attached hydrogens (tertiary/aromatic N) is 4. The first kappa shape index (κ1) is 21.1. The second-order valence-electron chi connectivity index (χ2n) is 9.46. The van der Waals surface area contributed by atoms with Gasteiger partial charge in [0.05, 0.1) is 24.5 Å².